The van der Waals surface area contributed by atoms with Crippen LogP contribution in [0.2, 0.25) is 0 Å². The van der Waals surface area contributed by atoms with Crippen molar-refractivity contribution in [3.8, 4) is 5.75 Å². The van der Waals surface area contributed by atoms with Crippen molar-refractivity contribution in [3.05, 3.63) is 106 Å². The van der Waals surface area contributed by atoms with E-state index in [1.165, 1.54) is 5.56 Å². The number of benzene rings is 3. The number of aromatic nitrogens is 1. The van der Waals surface area contributed by atoms with Gasteiger partial charge in [-0.1, -0.05) is 42.0 Å². The number of hydrogen-bond donors (Lipinski definition) is 2. The molecule has 3 aromatic carbocycles. The number of amides is 1. The molecule has 150 valence electrons. The molecule has 1 aromatic heterocycles. The highest BCUT2D eigenvalue weighted by Crippen LogP contribution is 2.18. The van der Waals surface area contributed by atoms with Crippen molar-refractivity contribution in [2.45, 2.75) is 20.0 Å². The van der Waals surface area contributed by atoms with Gasteiger partial charge < -0.3 is 15.0 Å². The molecule has 0 spiro atoms. The lowest BCUT2D eigenvalue weighted by atomic mass is 10.1. The summed E-state index contributed by atoms with van der Waals surface area (Å²) in [5, 5.41) is 4.27. The molecule has 5 heteroatoms. The predicted octanol–water partition coefficient (Wildman–Crippen LogP) is 4.60. The molecule has 0 radical (unpaired) electrons. The van der Waals surface area contributed by atoms with Crippen molar-refractivity contribution in [3.63, 3.8) is 0 Å². The minimum atomic E-state index is -0.146. The van der Waals surface area contributed by atoms with Gasteiger partial charge >= 0.3 is 0 Å². The second-order valence-corrected chi connectivity index (χ2v) is 7.26. The fraction of sp³-hybridized carbons (Fsp3) is 0.120. The second-order valence-electron chi connectivity index (χ2n) is 7.26. The highest BCUT2D eigenvalue weighted by molar-refractivity contribution is 5.95. The van der Waals surface area contributed by atoms with Gasteiger partial charge in [0.25, 0.3) is 5.56 Å². The molecule has 0 aliphatic rings. The van der Waals surface area contributed by atoms with Crippen molar-refractivity contribution in [2.75, 3.05) is 5.32 Å². The van der Waals surface area contributed by atoms with Crippen LogP contribution >= 0.6 is 0 Å². The molecule has 1 amide bonds. The van der Waals surface area contributed by atoms with Gasteiger partial charge in [0.15, 0.2) is 0 Å². The van der Waals surface area contributed by atoms with Crippen LogP contribution in [0.25, 0.3) is 10.8 Å². The van der Waals surface area contributed by atoms with Gasteiger partial charge in [0.2, 0.25) is 5.91 Å². The number of fused-ring (bicyclic) bond motifs is 1. The summed E-state index contributed by atoms with van der Waals surface area (Å²) in [6.45, 7) is 2.53. The Hall–Kier alpha value is -3.86. The van der Waals surface area contributed by atoms with E-state index in [1.807, 2.05) is 36.4 Å². The van der Waals surface area contributed by atoms with Gasteiger partial charge in [0, 0.05) is 17.3 Å². The molecule has 0 saturated heterocycles. The third-order valence-electron chi connectivity index (χ3n) is 4.81. The number of H-pyrrole nitrogens is 1. The van der Waals surface area contributed by atoms with Crippen molar-refractivity contribution >= 4 is 22.4 Å². The van der Waals surface area contributed by atoms with E-state index in [0.717, 1.165) is 22.3 Å². The molecule has 30 heavy (non-hydrogen) atoms. The Morgan fingerprint density at radius 3 is 2.67 bits per heavy atom. The number of ether oxygens (including phenoxy) is 1. The minimum absolute atomic E-state index is 0.130. The summed E-state index contributed by atoms with van der Waals surface area (Å²) in [6.07, 6.45) is 1.83. The normalized spacial score (nSPS) is 10.7. The van der Waals surface area contributed by atoms with E-state index in [9.17, 15) is 9.59 Å². The van der Waals surface area contributed by atoms with Crippen LogP contribution in [0, 0.1) is 6.92 Å². The average molecular weight is 398 g/mol. The Balaban J connectivity index is 1.40. The zero-order valence-corrected chi connectivity index (χ0v) is 16.6. The number of carbonyl (C=O) groups excluding carboxylic acids is 1. The second kappa shape index (κ2) is 8.66. The number of carbonyl (C=O) groups is 1. The smallest absolute Gasteiger partial charge is 0.255 e. The van der Waals surface area contributed by atoms with E-state index in [-0.39, 0.29) is 17.9 Å². The number of hydrogen-bond acceptors (Lipinski definition) is 3. The number of anilines is 1. The summed E-state index contributed by atoms with van der Waals surface area (Å²) in [7, 11) is 0. The zero-order chi connectivity index (χ0) is 20.9. The molecule has 0 saturated carbocycles. The van der Waals surface area contributed by atoms with Gasteiger partial charge in [0.1, 0.15) is 12.4 Å². The summed E-state index contributed by atoms with van der Waals surface area (Å²) in [4.78, 5) is 26.9. The molecule has 0 unspecified atom stereocenters. The standard InChI is InChI=1S/C25H22N2O3/c1-17-4-2-6-19(12-17)16-30-22-7-3-5-18(13-22)14-24(28)27-21-8-9-23-20(15-21)10-11-26-25(23)29/h2-13,15H,14,16H2,1H3,(H,26,29)(H,27,28). The number of rotatable bonds is 6. The molecule has 4 rings (SSSR count). The quantitative estimate of drug-likeness (QED) is 0.499. The van der Waals surface area contributed by atoms with Crippen LogP contribution in [0.15, 0.2) is 83.8 Å². The first-order chi connectivity index (χ1) is 14.6. The molecule has 4 aromatic rings. The molecule has 0 bridgehead atoms. The Morgan fingerprint density at radius 2 is 1.80 bits per heavy atom. The Labute approximate surface area is 174 Å². The van der Waals surface area contributed by atoms with E-state index < -0.39 is 0 Å². The SMILES string of the molecule is Cc1cccc(COc2cccc(CC(=O)Nc3ccc4c(=O)[nH]ccc4c3)c2)c1. The fourth-order valence-corrected chi connectivity index (χ4v) is 3.37. The third-order valence-corrected chi connectivity index (χ3v) is 4.81. The van der Waals surface area contributed by atoms with Crippen LogP contribution in [0.5, 0.6) is 5.75 Å². The van der Waals surface area contributed by atoms with Crippen LogP contribution in [0.1, 0.15) is 16.7 Å². The van der Waals surface area contributed by atoms with Crippen molar-refractivity contribution < 1.29 is 9.53 Å². The summed E-state index contributed by atoms with van der Waals surface area (Å²) in [6, 6.07) is 22.8. The highest BCUT2D eigenvalue weighted by atomic mass is 16.5. The number of aromatic amines is 1. The van der Waals surface area contributed by atoms with Crippen molar-refractivity contribution in [1.82, 2.24) is 4.98 Å². The Bertz CT molecular complexity index is 1260. The minimum Gasteiger partial charge on any atom is -0.489 e. The third kappa shape index (κ3) is 4.75. The van der Waals surface area contributed by atoms with Gasteiger partial charge in [-0.3, -0.25) is 9.59 Å². The van der Waals surface area contributed by atoms with E-state index in [1.54, 1.807) is 30.5 Å². The van der Waals surface area contributed by atoms with E-state index in [0.29, 0.717) is 17.7 Å². The first kappa shape index (κ1) is 19.5. The van der Waals surface area contributed by atoms with Crippen LogP contribution in [0.3, 0.4) is 0 Å². The summed E-state index contributed by atoms with van der Waals surface area (Å²) < 4.78 is 5.88. The first-order valence-corrected chi connectivity index (χ1v) is 9.75. The van der Waals surface area contributed by atoms with E-state index >= 15 is 0 Å². The van der Waals surface area contributed by atoms with Gasteiger partial charge in [0.05, 0.1) is 6.42 Å². The zero-order valence-electron chi connectivity index (χ0n) is 16.6. The van der Waals surface area contributed by atoms with Crippen LogP contribution < -0.4 is 15.6 Å². The van der Waals surface area contributed by atoms with Gasteiger partial charge in [-0.2, -0.15) is 0 Å². The number of aryl methyl sites for hydroxylation is 1. The summed E-state index contributed by atoms with van der Waals surface area (Å²) in [5.74, 6) is 0.599. The molecular formula is C25H22N2O3. The van der Waals surface area contributed by atoms with E-state index in [4.69, 9.17) is 4.74 Å². The molecule has 5 nitrogen and oxygen atoms in total. The van der Waals surface area contributed by atoms with Gasteiger partial charge in [-0.25, -0.2) is 0 Å². The highest BCUT2D eigenvalue weighted by Gasteiger charge is 2.07. The van der Waals surface area contributed by atoms with E-state index in [2.05, 4.69) is 29.4 Å². The molecule has 0 aliphatic carbocycles. The number of pyridine rings is 1. The fourth-order valence-electron chi connectivity index (χ4n) is 3.37. The van der Waals surface area contributed by atoms with Crippen molar-refractivity contribution in [2.24, 2.45) is 0 Å². The molecule has 2 N–H and O–H groups in total. The van der Waals surface area contributed by atoms with Crippen LogP contribution in [-0.4, -0.2) is 10.9 Å². The monoisotopic (exact) mass is 398 g/mol. The Morgan fingerprint density at radius 1 is 0.967 bits per heavy atom. The number of nitrogens with one attached hydrogen (secondary N) is 2. The maximum Gasteiger partial charge on any atom is 0.255 e. The lowest BCUT2D eigenvalue weighted by Gasteiger charge is -2.10. The molecule has 1 heterocycles. The first-order valence-electron chi connectivity index (χ1n) is 9.75. The average Bonchev–Trinajstić information content (AvgIpc) is 2.73. The molecule has 0 atom stereocenters. The predicted molar refractivity (Wildman–Crippen MR) is 119 cm³/mol. The van der Waals surface area contributed by atoms with Gasteiger partial charge in [-0.05, 0) is 59.8 Å². The largest absolute Gasteiger partial charge is 0.489 e. The molecule has 0 fully saturated rings. The van der Waals surface area contributed by atoms with Crippen LogP contribution in [-0.2, 0) is 17.8 Å². The Kier molecular flexibility index (Phi) is 5.61. The summed E-state index contributed by atoms with van der Waals surface area (Å²) in [5.41, 5.74) is 3.68. The topological polar surface area (TPSA) is 71.2 Å². The van der Waals surface area contributed by atoms with Gasteiger partial charge in [-0.15, -0.1) is 0 Å². The lowest BCUT2D eigenvalue weighted by Crippen LogP contribution is -2.14. The van der Waals surface area contributed by atoms with Crippen molar-refractivity contribution in [1.29, 1.82) is 0 Å². The maximum atomic E-state index is 12.5. The van der Waals surface area contributed by atoms with Crippen LogP contribution in [0.4, 0.5) is 5.69 Å². The molecular weight excluding hydrogens is 376 g/mol. The lowest BCUT2D eigenvalue weighted by molar-refractivity contribution is -0.115. The maximum absolute atomic E-state index is 12.5. The summed E-state index contributed by atoms with van der Waals surface area (Å²) >= 11 is 0. The molecule has 0 aliphatic heterocycles.